The van der Waals surface area contributed by atoms with E-state index in [2.05, 4.69) is 9.97 Å². The highest BCUT2D eigenvalue weighted by molar-refractivity contribution is 6.33. The van der Waals surface area contributed by atoms with Crippen molar-refractivity contribution in [2.45, 2.75) is 0 Å². The monoisotopic (exact) mass is 241 g/mol. The molecular formula is C10H6ClF2N3. The molecule has 0 bridgehead atoms. The summed E-state index contributed by atoms with van der Waals surface area (Å²) in [4.78, 5) is 6.72. The average Bonchev–Trinajstić information content (AvgIpc) is 2.25. The molecule has 0 radical (unpaired) electrons. The lowest BCUT2D eigenvalue weighted by Crippen LogP contribution is -1.94. The zero-order chi connectivity index (χ0) is 11.7. The lowest BCUT2D eigenvalue weighted by Gasteiger charge is -2.05. The predicted molar refractivity (Wildman–Crippen MR) is 56.8 cm³/mol. The molecule has 0 fully saturated rings. The summed E-state index contributed by atoms with van der Waals surface area (Å²) in [5.41, 5.74) is 6.09. The fourth-order valence-corrected chi connectivity index (χ4v) is 1.52. The maximum absolute atomic E-state index is 13.2. The van der Waals surface area contributed by atoms with Gasteiger partial charge in [0.2, 0.25) is 0 Å². The third kappa shape index (κ3) is 1.94. The highest BCUT2D eigenvalue weighted by Gasteiger charge is 2.09. The van der Waals surface area contributed by atoms with Crippen LogP contribution < -0.4 is 5.73 Å². The normalized spacial score (nSPS) is 10.4. The van der Waals surface area contributed by atoms with Crippen LogP contribution >= 0.6 is 11.6 Å². The van der Waals surface area contributed by atoms with Crippen LogP contribution in [0.4, 0.5) is 14.5 Å². The minimum absolute atomic E-state index is 0.0446. The lowest BCUT2D eigenvalue weighted by molar-refractivity contribution is 0.539. The van der Waals surface area contributed by atoms with E-state index in [0.29, 0.717) is 11.1 Å². The lowest BCUT2D eigenvalue weighted by atomic mass is 10.1. The SMILES string of the molecule is Nc1cc(Cl)c(-c2cnc(F)nc2)cc1F. The Morgan fingerprint density at radius 2 is 1.75 bits per heavy atom. The number of hydrogen-bond donors (Lipinski definition) is 1. The van der Waals surface area contributed by atoms with Crippen molar-refractivity contribution in [3.8, 4) is 11.1 Å². The number of nitrogen functional groups attached to an aromatic ring is 1. The first-order chi connectivity index (χ1) is 7.58. The standard InChI is InChI=1S/C10H6ClF2N3/c11-7-2-9(14)8(12)1-6(7)5-3-15-10(13)16-4-5/h1-4H,14H2. The zero-order valence-electron chi connectivity index (χ0n) is 7.92. The van der Waals surface area contributed by atoms with Gasteiger partial charge in [-0.1, -0.05) is 11.6 Å². The summed E-state index contributed by atoms with van der Waals surface area (Å²) < 4.78 is 25.7. The summed E-state index contributed by atoms with van der Waals surface area (Å²) >= 11 is 5.88. The molecule has 1 aromatic heterocycles. The quantitative estimate of drug-likeness (QED) is 0.617. The molecule has 0 aliphatic rings. The van der Waals surface area contributed by atoms with Gasteiger partial charge >= 0.3 is 6.08 Å². The summed E-state index contributed by atoms with van der Waals surface area (Å²) in [7, 11) is 0. The zero-order valence-corrected chi connectivity index (χ0v) is 8.67. The van der Waals surface area contributed by atoms with Gasteiger partial charge in [0.25, 0.3) is 0 Å². The van der Waals surface area contributed by atoms with Gasteiger partial charge in [0.05, 0.1) is 10.7 Å². The fraction of sp³-hybridized carbons (Fsp3) is 0. The van der Waals surface area contributed by atoms with Gasteiger partial charge < -0.3 is 5.73 Å². The van der Waals surface area contributed by atoms with Gasteiger partial charge in [-0.15, -0.1) is 0 Å². The van der Waals surface area contributed by atoms with Gasteiger partial charge in [-0.3, -0.25) is 0 Å². The molecule has 0 amide bonds. The van der Waals surface area contributed by atoms with E-state index >= 15 is 0 Å². The Labute approximate surface area is 94.9 Å². The van der Waals surface area contributed by atoms with Crippen LogP contribution in [0.3, 0.4) is 0 Å². The molecule has 3 nitrogen and oxygen atoms in total. The van der Waals surface area contributed by atoms with Crippen molar-refractivity contribution in [3.63, 3.8) is 0 Å². The Kier molecular flexibility index (Phi) is 2.70. The molecule has 6 heteroatoms. The topological polar surface area (TPSA) is 51.8 Å². The number of nitrogens with zero attached hydrogens (tertiary/aromatic N) is 2. The minimum atomic E-state index is -0.851. The van der Waals surface area contributed by atoms with Crippen molar-refractivity contribution in [2.75, 3.05) is 5.73 Å². The smallest absolute Gasteiger partial charge is 0.308 e. The molecule has 1 aromatic carbocycles. The molecule has 16 heavy (non-hydrogen) atoms. The number of benzene rings is 1. The van der Waals surface area contributed by atoms with Crippen molar-refractivity contribution in [1.29, 1.82) is 0 Å². The van der Waals surface area contributed by atoms with Crippen LogP contribution in [-0.2, 0) is 0 Å². The first-order valence-electron chi connectivity index (χ1n) is 4.30. The van der Waals surface area contributed by atoms with Crippen LogP contribution in [0.25, 0.3) is 11.1 Å². The van der Waals surface area contributed by atoms with Crippen LogP contribution in [-0.4, -0.2) is 9.97 Å². The number of hydrogen-bond acceptors (Lipinski definition) is 3. The van der Waals surface area contributed by atoms with Gasteiger partial charge in [0.15, 0.2) is 0 Å². The predicted octanol–water partition coefficient (Wildman–Crippen LogP) is 2.66. The van der Waals surface area contributed by atoms with E-state index in [1.165, 1.54) is 18.5 Å². The molecule has 1 heterocycles. The van der Waals surface area contributed by atoms with E-state index in [1.807, 2.05) is 0 Å². The van der Waals surface area contributed by atoms with Crippen molar-refractivity contribution >= 4 is 17.3 Å². The van der Waals surface area contributed by atoms with Crippen LogP contribution in [0, 0.1) is 11.9 Å². The number of halogens is 3. The van der Waals surface area contributed by atoms with Crippen LogP contribution in [0.2, 0.25) is 5.02 Å². The summed E-state index contributed by atoms with van der Waals surface area (Å²) in [5, 5.41) is 0.258. The molecule has 0 saturated carbocycles. The van der Waals surface area contributed by atoms with Gasteiger partial charge in [0.1, 0.15) is 5.82 Å². The summed E-state index contributed by atoms with van der Waals surface area (Å²) in [6.07, 6.45) is 1.59. The van der Waals surface area contributed by atoms with E-state index in [4.69, 9.17) is 17.3 Å². The second kappa shape index (κ2) is 4.02. The van der Waals surface area contributed by atoms with E-state index in [-0.39, 0.29) is 10.7 Å². The van der Waals surface area contributed by atoms with Gasteiger partial charge in [0, 0.05) is 23.5 Å². The molecule has 82 valence electrons. The third-order valence-electron chi connectivity index (χ3n) is 2.02. The van der Waals surface area contributed by atoms with E-state index < -0.39 is 11.9 Å². The molecule has 2 rings (SSSR count). The van der Waals surface area contributed by atoms with Crippen molar-refractivity contribution in [1.82, 2.24) is 9.97 Å². The maximum Gasteiger partial charge on any atom is 0.308 e. The highest BCUT2D eigenvalue weighted by Crippen LogP contribution is 2.30. The first-order valence-corrected chi connectivity index (χ1v) is 4.68. The summed E-state index contributed by atoms with van der Waals surface area (Å²) in [6.45, 7) is 0. The Morgan fingerprint density at radius 3 is 2.38 bits per heavy atom. The minimum Gasteiger partial charge on any atom is -0.396 e. The fourth-order valence-electron chi connectivity index (χ4n) is 1.23. The Bertz CT molecular complexity index is 528. The summed E-state index contributed by atoms with van der Waals surface area (Å²) in [5.74, 6) is -0.594. The molecule has 0 saturated heterocycles. The average molecular weight is 242 g/mol. The van der Waals surface area contributed by atoms with Crippen LogP contribution in [0.15, 0.2) is 24.5 Å². The third-order valence-corrected chi connectivity index (χ3v) is 2.33. The summed E-state index contributed by atoms with van der Waals surface area (Å²) in [6, 6.07) is 2.45. The van der Waals surface area contributed by atoms with Crippen LogP contribution in [0.5, 0.6) is 0 Å². The Balaban J connectivity index is 2.56. The highest BCUT2D eigenvalue weighted by atomic mass is 35.5. The Hall–Kier alpha value is -1.75. The van der Waals surface area contributed by atoms with E-state index in [1.54, 1.807) is 0 Å². The molecule has 0 aliphatic heterocycles. The van der Waals surface area contributed by atoms with E-state index in [9.17, 15) is 8.78 Å². The van der Waals surface area contributed by atoms with Crippen molar-refractivity contribution < 1.29 is 8.78 Å². The second-order valence-corrected chi connectivity index (χ2v) is 3.50. The van der Waals surface area contributed by atoms with Crippen molar-refractivity contribution in [3.05, 3.63) is 41.4 Å². The number of anilines is 1. The molecule has 2 N–H and O–H groups in total. The molecular weight excluding hydrogens is 236 g/mol. The first kappa shape index (κ1) is 10.8. The molecule has 0 spiro atoms. The maximum atomic E-state index is 13.2. The number of rotatable bonds is 1. The second-order valence-electron chi connectivity index (χ2n) is 3.09. The number of aromatic nitrogens is 2. The molecule has 2 aromatic rings. The Morgan fingerprint density at radius 1 is 1.12 bits per heavy atom. The molecule has 0 atom stereocenters. The van der Waals surface area contributed by atoms with Gasteiger partial charge in [-0.2, -0.15) is 4.39 Å². The molecule has 0 unspecified atom stereocenters. The van der Waals surface area contributed by atoms with Crippen LogP contribution in [0.1, 0.15) is 0 Å². The number of nitrogens with two attached hydrogens (primary N) is 1. The van der Waals surface area contributed by atoms with Gasteiger partial charge in [-0.05, 0) is 12.1 Å². The largest absolute Gasteiger partial charge is 0.396 e. The van der Waals surface area contributed by atoms with Gasteiger partial charge in [-0.25, -0.2) is 14.4 Å². The molecule has 0 aliphatic carbocycles. The van der Waals surface area contributed by atoms with E-state index in [0.717, 1.165) is 6.07 Å². The van der Waals surface area contributed by atoms with Crippen molar-refractivity contribution in [2.24, 2.45) is 0 Å².